The number of fused-ring (bicyclic) bond motifs is 1. The number of hydrogen-bond acceptors (Lipinski definition) is 3. The van der Waals surface area contributed by atoms with E-state index in [1.54, 1.807) is 0 Å². The molecule has 2 unspecified atom stereocenters. The van der Waals surface area contributed by atoms with Gasteiger partial charge in [-0.2, -0.15) is 0 Å². The van der Waals surface area contributed by atoms with Crippen LogP contribution in [-0.4, -0.2) is 13.1 Å². The highest BCUT2D eigenvalue weighted by Crippen LogP contribution is 2.43. The Labute approximate surface area is 125 Å². The normalized spacial score (nSPS) is 19.1. The fourth-order valence-corrected chi connectivity index (χ4v) is 4.25. The van der Waals surface area contributed by atoms with E-state index in [4.69, 9.17) is 5.73 Å². The minimum Gasteiger partial charge on any atom is -0.363 e. The molecule has 2 nitrogen and oxygen atoms in total. The maximum Gasteiger partial charge on any atom is 0.0632 e. The molecule has 2 atom stereocenters. The number of nitrogens with zero attached hydrogens (tertiary/aromatic N) is 1. The molecule has 106 valence electrons. The standard InChI is InChI=1S/C17H22N2S/c1-2-15(17-8-5-11-20-17)19-12-13(9-10-18)14-6-3-4-7-16(14)19/h3-8,11,13,15H,2,9-10,12,18H2,1H3. The van der Waals surface area contributed by atoms with E-state index < -0.39 is 0 Å². The quantitative estimate of drug-likeness (QED) is 0.894. The molecule has 0 fully saturated rings. The van der Waals surface area contributed by atoms with Crippen LogP contribution in [0.4, 0.5) is 5.69 Å². The van der Waals surface area contributed by atoms with Gasteiger partial charge in [-0.15, -0.1) is 11.3 Å². The molecular weight excluding hydrogens is 264 g/mol. The minimum absolute atomic E-state index is 0.499. The van der Waals surface area contributed by atoms with Gasteiger partial charge in [0.2, 0.25) is 0 Å². The molecule has 3 heteroatoms. The molecule has 0 saturated carbocycles. The van der Waals surface area contributed by atoms with Crippen LogP contribution in [0.1, 0.15) is 42.2 Å². The lowest BCUT2D eigenvalue weighted by atomic mass is 9.98. The maximum absolute atomic E-state index is 5.80. The summed E-state index contributed by atoms with van der Waals surface area (Å²) in [4.78, 5) is 4.05. The first-order valence-corrected chi connectivity index (χ1v) is 8.32. The first kappa shape index (κ1) is 13.7. The molecule has 0 saturated heterocycles. The van der Waals surface area contributed by atoms with Crippen LogP contribution < -0.4 is 10.6 Å². The fraction of sp³-hybridized carbons (Fsp3) is 0.412. The van der Waals surface area contributed by atoms with Crippen molar-refractivity contribution in [2.45, 2.75) is 31.7 Å². The molecule has 1 aromatic carbocycles. The number of hydrogen-bond donors (Lipinski definition) is 1. The molecule has 0 spiro atoms. The third-order valence-corrected chi connectivity index (χ3v) is 5.23. The Morgan fingerprint density at radius 3 is 2.85 bits per heavy atom. The summed E-state index contributed by atoms with van der Waals surface area (Å²) in [7, 11) is 0. The molecule has 1 aliphatic rings. The molecule has 1 aromatic heterocycles. The third-order valence-electron chi connectivity index (χ3n) is 4.25. The zero-order chi connectivity index (χ0) is 13.9. The number of rotatable bonds is 5. The van der Waals surface area contributed by atoms with Gasteiger partial charge in [-0.05, 0) is 42.5 Å². The second kappa shape index (κ2) is 5.98. The zero-order valence-electron chi connectivity index (χ0n) is 12.0. The molecule has 3 rings (SSSR count). The Morgan fingerprint density at radius 2 is 2.15 bits per heavy atom. The van der Waals surface area contributed by atoms with E-state index in [1.807, 2.05) is 11.3 Å². The van der Waals surface area contributed by atoms with Gasteiger partial charge in [-0.1, -0.05) is 31.2 Å². The summed E-state index contributed by atoms with van der Waals surface area (Å²) >= 11 is 1.87. The first-order chi connectivity index (χ1) is 9.85. The second-order valence-corrected chi connectivity index (χ2v) is 6.40. The van der Waals surface area contributed by atoms with Crippen molar-refractivity contribution in [3.8, 4) is 0 Å². The molecule has 2 N–H and O–H groups in total. The van der Waals surface area contributed by atoms with E-state index in [9.17, 15) is 0 Å². The van der Waals surface area contributed by atoms with Crippen molar-refractivity contribution in [2.24, 2.45) is 5.73 Å². The van der Waals surface area contributed by atoms with Crippen molar-refractivity contribution in [3.05, 3.63) is 52.2 Å². The summed E-state index contributed by atoms with van der Waals surface area (Å²) in [6.45, 7) is 4.15. The van der Waals surface area contributed by atoms with Crippen LogP contribution in [0.25, 0.3) is 0 Å². The van der Waals surface area contributed by atoms with Gasteiger partial charge in [0.15, 0.2) is 0 Å². The average molecular weight is 286 g/mol. The molecular formula is C17H22N2S. The van der Waals surface area contributed by atoms with Crippen LogP contribution in [0.5, 0.6) is 0 Å². The van der Waals surface area contributed by atoms with E-state index >= 15 is 0 Å². The summed E-state index contributed by atoms with van der Waals surface area (Å²) in [6.07, 6.45) is 2.22. The monoisotopic (exact) mass is 286 g/mol. The summed E-state index contributed by atoms with van der Waals surface area (Å²) in [5, 5.41) is 2.18. The molecule has 20 heavy (non-hydrogen) atoms. The van der Waals surface area contributed by atoms with Gasteiger partial charge in [-0.3, -0.25) is 0 Å². The Bertz CT molecular complexity index is 550. The summed E-state index contributed by atoms with van der Waals surface area (Å²) in [5.41, 5.74) is 8.69. The summed E-state index contributed by atoms with van der Waals surface area (Å²) in [6, 6.07) is 13.8. The lowest BCUT2D eigenvalue weighted by molar-refractivity contribution is 0.577. The van der Waals surface area contributed by atoms with E-state index in [0.717, 1.165) is 25.9 Å². The topological polar surface area (TPSA) is 29.3 Å². The SMILES string of the molecule is CCC(c1cccs1)N1CC(CCN)c2ccccc21. The van der Waals surface area contributed by atoms with Crippen molar-refractivity contribution in [2.75, 3.05) is 18.0 Å². The van der Waals surface area contributed by atoms with E-state index in [0.29, 0.717) is 12.0 Å². The molecule has 2 heterocycles. The van der Waals surface area contributed by atoms with Gasteiger partial charge in [-0.25, -0.2) is 0 Å². The van der Waals surface area contributed by atoms with Crippen LogP contribution >= 0.6 is 11.3 Å². The van der Waals surface area contributed by atoms with Gasteiger partial charge < -0.3 is 10.6 Å². The molecule has 0 amide bonds. The van der Waals surface area contributed by atoms with Crippen LogP contribution in [0, 0.1) is 0 Å². The predicted octanol–water partition coefficient (Wildman–Crippen LogP) is 4.15. The van der Waals surface area contributed by atoms with Gasteiger partial charge in [0.25, 0.3) is 0 Å². The van der Waals surface area contributed by atoms with Gasteiger partial charge in [0, 0.05) is 23.0 Å². The van der Waals surface area contributed by atoms with Crippen LogP contribution in [-0.2, 0) is 0 Å². The van der Waals surface area contributed by atoms with Crippen LogP contribution in [0.2, 0.25) is 0 Å². The van der Waals surface area contributed by atoms with Crippen molar-refractivity contribution >= 4 is 17.0 Å². The summed E-state index contributed by atoms with van der Waals surface area (Å²) < 4.78 is 0. The van der Waals surface area contributed by atoms with Gasteiger partial charge >= 0.3 is 0 Å². The lowest BCUT2D eigenvalue weighted by Gasteiger charge is -2.29. The molecule has 0 bridgehead atoms. The van der Waals surface area contributed by atoms with Crippen molar-refractivity contribution in [3.63, 3.8) is 0 Å². The Kier molecular flexibility index (Phi) is 4.08. The third kappa shape index (κ3) is 2.36. The molecule has 1 aliphatic heterocycles. The van der Waals surface area contributed by atoms with E-state index in [2.05, 4.69) is 53.6 Å². The predicted molar refractivity (Wildman–Crippen MR) is 87.6 cm³/mol. The van der Waals surface area contributed by atoms with Crippen molar-refractivity contribution < 1.29 is 0 Å². The van der Waals surface area contributed by atoms with Crippen LogP contribution in [0.15, 0.2) is 41.8 Å². The Morgan fingerprint density at radius 1 is 1.30 bits per heavy atom. The highest BCUT2D eigenvalue weighted by molar-refractivity contribution is 7.10. The Balaban J connectivity index is 1.94. The highest BCUT2D eigenvalue weighted by Gasteiger charge is 2.32. The van der Waals surface area contributed by atoms with Gasteiger partial charge in [0.1, 0.15) is 0 Å². The molecule has 0 radical (unpaired) electrons. The number of benzene rings is 1. The van der Waals surface area contributed by atoms with E-state index in [-0.39, 0.29) is 0 Å². The van der Waals surface area contributed by atoms with Gasteiger partial charge in [0.05, 0.1) is 6.04 Å². The Hall–Kier alpha value is -1.32. The highest BCUT2D eigenvalue weighted by atomic mass is 32.1. The number of anilines is 1. The number of nitrogens with two attached hydrogens (primary N) is 1. The maximum atomic E-state index is 5.80. The largest absolute Gasteiger partial charge is 0.363 e. The van der Waals surface area contributed by atoms with Crippen LogP contribution in [0.3, 0.4) is 0 Å². The minimum atomic E-state index is 0.499. The zero-order valence-corrected chi connectivity index (χ0v) is 12.8. The lowest BCUT2D eigenvalue weighted by Crippen LogP contribution is -2.27. The fourth-order valence-electron chi connectivity index (χ4n) is 3.33. The smallest absolute Gasteiger partial charge is 0.0632 e. The van der Waals surface area contributed by atoms with Crippen molar-refractivity contribution in [1.82, 2.24) is 0 Å². The van der Waals surface area contributed by atoms with E-state index in [1.165, 1.54) is 16.1 Å². The average Bonchev–Trinajstić information content (AvgIpc) is 3.11. The second-order valence-electron chi connectivity index (χ2n) is 5.42. The number of para-hydroxylation sites is 1. The first-order valence-electron chi connectivity index (χ1n) is 7.44. The molecule has 0 aliphatic carbocycles. The summed E-state index contributed by atoms with van der Waals surface area (Å²) in [5.74, 6) is 0.588. The molecule has 2 aromatic rings. The number of thiophene rings is 1. The van der Waals surface area contributed by atoms with Crippen molar-refractivity contribution in [1.29, 1.82) is 0 Å².